The molecule has 0 spiro atoms. The molecule has 0 aliphatic carbocycles. The molecular weight excluding hydrogens is 451 g/mol. The Kier molecular flexibility index (Phi) is 6.15. The number of hydrogen-bond donors (Lipinski definition) is 2. The predicted octanol–water partition coefficient (Wildman–Crippen LogP) is 3.89. The van der Waals surface area contributed by atoms with Gasteiger partial charge in [-0.05, 0) is 37.1 Å². The van der Waals surface area contributed by atoms with Crippen molar-refractivity contribution in [2.75, 3.05) is 35.6 Å². The molecule has 2 aromatic heterocycles. The Morgan fingerprint density at radius 1 is 1.29 bits per heavy atom. The van der Waals surface area contributed by atoms with E-state index in [0.29, 0.717) is 42.4 Å². The first-order valence-electron chi connectivity index (χ1n) is 10.8. The summed E-state index contributed by atoms with van der Waals surface area (Å²) in [6.45, 7) is 5.17. The summed E-state index contributed by atoms with van der Waals surface area (Å²) in [5, 5.41) is 7.99. The third-order valence-electron chi connectivity index (χ3n) is 5.93. The molecule has 3 N–H and O–H groups in total. The van der Waals surface area contributed by atoms with Crippen LogP contribution < -0.4 is 20.7 Å². The summed E-state index contributed by atoms with van der Waals surface area (Å²) in [5.41, 5.74) is 8.55. The number of amides is 2. The third-order valence-corrected chi connectivity index (χ3v) is 5.93. The van der Waals surface area contributed by atoms with E-state index < -0.39 is 6.36 Å². The lowest BCUT2D eigenvalue weighted by Crippen LogP contribution is -2.55. The number of carbonyl (C=O) groups is 1. The molecule has 182 valence electrons. The van der Waals surface area contributed by atoms with Crippen molar-refractivity contribution in [2.45, 2.75) is 32.7 Å². The zero-order chi connectivity index (χ0) is 24.6. The highest BCUT2D eigenvalue weighted by atomic mass is 19.4. The summed E-state index contributed by atoms with van der Waals surface area (Å²) < 4.78 is 42.9. The average Bonchev–Trinajstić information content (AvgIpc) is 3.14. The topological polar surface area (TPSA) is 102 Å². The quantitative estimate of drug-likeness (QED) is 0.591. The lowest BCUT2D eigenvalue weighted by molar-refractivity contribution is -0.274. The molecule has 34 heavy (non-hydrogen) atoms. The molecule has 12 heteroatoms. The minimum atomic E-state index is -4.77. The van der Waals surface area contributed by atoms with Gasteiger partial charge in [-0.25, -0.2) is 9.78 Å². The van der Waals surface area contributed by atoms with Crippen LogP contribution in [0.2, 0.25) is 0 Å². The van der Waals surface area contributed by atoms with E-state index in [1.807, 2.05) is 20.0 Å². The van der Waals surface area contributed by atoms with Crippen molar-refractivity contribution in [3.63, 3.8) is 0 Å². The standard InChI is InChI=1S/C22H26F3N7O2/c1-4-14-12-31(21(33)28-17-6-5-15(9-13(17)2)34-22(23,24)25)7-8-32(14)18-10-19(26)29-20-16(18)11-27-30(20)3/h5-6,9-11,14H,4,7-8,12H2,1-3H3,(H2,26,29)(H,28,33)/t14-/m0/s1. The van der Waals surface area contributed by atoms with Crippen molar-refractivity contribution >= 4 is 34.3 Å². The molecule has 0 bridgehead atoms. The second kappa shape index (κ2) is 8.92. The van der Waals surface area contributed by atoms with Crippen molar-refractivity contribution in [1.29, 1.82) is 0 Å². The van der Waals surface area contributed by atoms with Crippen molar-refractivity contribution in [2.24, 2.45) is 7.05 Å². The predicted molar refractivity (Wildman–Crippen MR) is 123 cm³/mol. The summed E-state index contributed by atoms with van der Waals surface area (Å²) >= 11 is 0. The minimum absolute atomic E-state index is 0.0355. The number of nitrogens with two attached hydrogens (primary N) is 1. The Morgan fingerprint density at radius 3 is 2.74 bits per heavy atom. The van der Waals surface area contributed by atoms with Crippen LogP contribution in [0.5, 0.6) is 5.75 Å². The van der Waals surface area contributed by atoms with Gasteiger partial charge in [0.1, 0.15) is 11.6 Å². The number of halogens is 3. The maximum absolute atomic E-state index is 12.9. The van der Waals surface area contributed by atoms with E-state index in [1.165, 1.54) is 18.2 Å². The van der Waals surface area contributed by atoms with Crippen LogP contribution in [0.4, 0.5) is 35.2 Å². The van der Waals surface area contributed by atoms with Gasteiger partial charge in [0.05, 0.1) is 17.3 Å². The van der Waals surface area contributed by atoms with E-state index in [9.17, 15) is 18.0 Å². The van der Waals surface area contributed by atoms with Crippen LogP contribution in [-0.2, 0) is 7.05 Å². The van der Waals surface area contributed by atoms with E-state index in [0.717, 1.165) is 17.5 Å². The number of piperazine rings is 1. The molecule has 1 saturated heterocycles. The van der Waals surface area contributed by atoms with E-state index in [2.05, 4.69) is 25.0 Å². The average molecular weight is 477 g/mol. The number of benzene rings is 1. The highest BCUT2D eigenvalue weighted by Gasteiger charge is 2.32. The van der Waals surface area contributed by atoms with Gasteiger partial charge in [0, 0.05) is 44.5 Å². The van der Waals surface area contributed by atoms with Crippen molar-refractivity contribution in [3.8, 4) is 5.75 Å². The van der Waals surface area contributed by atoms with E-state index in [4.69, 9.17) is 5.73 Å². The molecular formula is C22H26F3N7O2. The number of hydrogen-bond acceptors (Lipinski definition) is 6. The van der Waals surface area contributed by atoms with Gasteiger partial charge in [-0.1, -0.05) is 6.92 Å². The molecule has 9 nitrogen and oxygen atoms in total. The Bertz CT molecular complexity index is 1210. The van der Waals surface area contributed by atoms with Gasteiger partial charge < -0.3 is 25.6 Å². The van der Waals surface area contributed by atoms with E-state index in [1.54, 1.807) is 22.7 Å². The number of carbonyl (C=O) groups excluding carboxylic acids is 1. The van der Waals surface area contributed by atoms with Gasteiger partial charge in [-0.3, -0.25) is 4.68 Å². The van der Waals surface area contributed by atoms with Crippen LogP contribution in [0.1, 0.15) is 18.9 Å². The fraction of sp³-hybridized carbons (Fsp3) is 0.409. The van der Waals surface area contributed by atoms with Gasteiger partial charge in [-0.15, -0.1) is 13.2 Å². The number of nitrogens with zero attached hydrogens (tertiary/aromatic N) is 5. The van der Waals surface area contributed by atoms with Gasteiger partial charge in [-0.2, -0.15) is 5.10 Å². The number of alkyl halides is 3. The lowest BCUT2D eigenvalue weighted by atomic mass is 10.1. The third kappa shape index (κ3) is 4.80. The Hall–Kier alpha value is -3.70. The number of rotatable bonds is 4. The largest absolute Gasteiger partial charge is 0.573 e. The van der Waals surface area contributed by atoms with Crippen LogP contribution in [-0.4, -0.2) is 57.7 Å². The molecule has 1 aromatic carbocycles. The summed E-state index contributed by atoms with van der Waals surface area (Å²) in [5.74, 6) is 0.0653. The molecule has 0 unspecified atom stereocenters. The number of pyridine rings is 1. The number of nitrogens with one attached hydrogen (secondary N) is 1. The molecule has 3 aromatic rings. The molecule has 1 aliphatic rings. The summed E-state index contributed by atoms with van der Waals surface area (Å²) in [6, 6.07) is 5.37. The van der Waals surface area contributed by atoms with Gasteiger partial charge >= 0.3 is 12.4 Å². The second-order valence-corrected chi connectivity index (χ2v) is 8.23. The molecule has 1 atom stereocenters. The molecule has 4 rings (SSSR count). The first-order valence-corrected chi connectivity index (χ1v) is 10.8. The fourth-order valence-electron chi connectivity index (χ4n) is 4.23. The molecule has 1 aliphatic heterocycles. The van der Waals surface area contributed by atoms with Crippen molar-refractivity contribution in [3.05, 3.63) is 36.0 Å². The Balaban J connectivity index is 1.48. The van der Waals surface area contributed by atoms with E-state index >= 15 is 0 Å². The second-order valence-electron chi connectivity index (χ2n) is 8.23. The minimum Gasteiger partial charge on any atom is -0.406 e. The first kappa shape index (κ1) is 23.5. The lowest BCUT2D eigenvalue weighted by Gasteiger charge is -2.42. The van der Waals surface area contributed by atoms with Crippen LogP contribution in [0.15, 0.2) is 30.5 Å². The van der Waals surface area contributed by atoms with Crippen molar-refractivity contribution in [1.82, 2.24) is 19.7 Å². The van der Waals surface area contributed by atoms with Crippen LogP contribution in [0, 0.1) is 6.92 Å². The molecule has 1 fully saturated rings. The Labute approximate surface area is 194 Å². The Morgan fingerprint density at radius 2 is 2.06 bits per heavy atom. The number of urea groups is 1. The number of fused-ring (bicyclic) bond motifs is 1. The smallest absolute Gasteiger partial charge is 0.406 e. The fourth-order valence-corrected chi connectivity index (χ4v) is 4.23. The number of ether oxygens (including phenoxy) is 1. The van der Waals surface area contributed by atoms with Gasteiger partial charge in [0.25, 0.3) is 0 Å². The maximum atomic E-state index is 12.9. The normalized spacial score (nSPS) is 16.7. The number of aryl methyl sites for hydroxylation is 2. The molecule has 3 heterocycles. The van der Waals surface area contributed by atoms with Gasteiger partial charge in [0.2, 0.25) is 0 Å². The maximum Gasteiger partial charge on any atom is 0.573 e. The summed E-state index contributed by atoms with van der Waals surface area (Å²) in [6.07, 6.45) is -2.22. The van der Waals surface area contributed by atoms with Crippen molar-refractivity contribution < 1.29 is 22.7 Å². The molecule has 0 saturated carbocycles. The highest BCUT2D eigenvalue weighted by Crippen LogP contribution is 2.32. The number of aromatic nitrogens is 3. The van der Waals surface area contributed by atoms with E-state index in [-0.39, 0.29) is 17.8 Å². The van der Waals surface area contributed by atoms with Gasteiger partial charge in [0.15, 0.2) is 5.65 Å². The van der Waals surface area contributed by atoms with Crippen LogP contribution >= 0.6 is 0 Å². The monoisotopic (exact) mass is 477 g/mol. The zero-order valence-electron chi connectivity index (χ0n) is 19.1. The van der Waals surface area contributed by atoms with Crippen LogP contribution in [0.25, 0.3) is 11.0 Å². The molecule has 0 radical (unpaired) electrons. The van der Waals surface area contributed by atoms with Crippen LogP contribution in [0.3, 0.4) is 0 Å². The number of anilines is 3. The number of nitrogen functional groups attached to an aromatic ring is 1. The summed E-state index contributed by atoms with van der Waals surface area (Å²) in [4.78, 5) is 21.2. The highest BCUT2D eigenvalue weighted by molar-refractivity contribution is 5.92. The zero-order valence-corrected chi connectivity index (χ0v) is 19.1. The molecule has 2 amide bonds. The summed E-state index contributed by atoms with van der Waals surface area (Å²) in [7, 11) is 1.81. The first-order chi connectivity index (χ1) is 16.1. The SMILES string of the molecule is CC[C@H]1CN(C(=O)Nc2ccc(OC(F)(F)F)cc2C)CCN1c1cc(N)nc2c1cnn2C.